The fourth-order valence-corrected chi connectivity index (χ4v) is 6.19. The lowest BCUT2D eigenvalue weighted by molar-refractivity contribution is 0.584. The maximum absolute atomic E-state index is 14.7. The molecule has 0 bridgehead atoms. The minimum atomic E-state index is -0.709. The Labute approximate surface area is 279 Å². The highest BCUT2D eigenvalue weighted by atomic mass is 19.1. The molecule has 49 heavy (non-hydrogen) atoms. The van der Waals surface area contributed by atoms with E-state index in [-0.39, 0.29) is 0 Å². The van der Waals surface area contributed by atoms with Crippen molar-refractivity contribution in [2.75, 3.05) is 0 Å². The molecule has 0 radical (unpaired) electrons. The van der Waals surface area contributed by atoms with Crippen LogP contribution in [0.15, 0.2) is 133 Å². The van der Waals surface area contributed by atoms with E-state index in [1.807, 2.05) is 102 Å². The van der Waals surface area contributed by atoms with Gasteiger partial charge in [0.1, 0.15) is 11.6 Å². The monoisotopic (exact) mass is 636 g/mol. The van der Waals surface area contributed by atoms with Crippen molar-refractivity contribution in [1.29, 1.82) is 10.5 Å². The molecule has 0 saturated heterocycles. The molecular formula is C41H22F2N6. The zero-order chi connectivity index (χ0) is 33.5. The summed E-state index contributed by atoms with van der Waals surface area (Å²) in [6.45, 7) is 0. The molecule has 8 rings (SSSR count). The van der Waals surface area contributed by atoms with Crippen LogP contribution < -0.4 is 0 Å². The van der Waals surface area contributed by atoms with Crippen LogP contribution in [0.4, 0.5) is 8.78 Å². The van der Waals surface area contributed by atoms with Crippen molar-refractivity contribution in [3.8, 4) is 63.1 Å². The van der Waals surface area contributed by atoms with Crippen molar-refractivity contribution in [3.63, 3.8) is 0 Å². The van der Waals surface area contributed by atoms with Gasteiger partial charge in [0.25, 0.3) is 0 Å². The topological polar surface area (TPSA) is 91.2 Å². The van der Waals surface area contributed by atoms with Crippen molar-refractivity contribution in [2.24, 2.45) is 0 Å². The van der Waals surface area contributed by atoms with E-state index in [9.17, 15) is 19.3 Å². The van der Waals surface area contributed by atoms with Gasteiger partial charge in [-0.25, -0.2) is 23.7 Å². The van der Waals surface area contributed by atoms with Gasteiger partial charge in [0.15, 0.2) is 17.5 Å². The first-order valence-electron chi connectivity index (χ1n) is 15.4. The molecule has 8 heteroatoms. The van der Waals surface area contributed by atoms with Gasteiger partial charge in [0.2, 0.25) is 0 Å². The number of benzene rings is 6. The van der Waals surface area contributed by atoms with Crippen LogP contribution in [0.5, 0.6) is 0 Å². The molecule has 0 spiro atoms. The molecular weight excluding hydrogens is 614 g/mol. The Bertz CT molecular complexity index is 2500. The molecule has 2 aromatic heterocycles. The number of hydrogen-bond donors (Lipinski definition) is 0. The molecule has 2 heterocycles. The summed E-state index contributed by atoms with van der Waals surface area (Å²) in [5.41, 5.74) is 6.24. The summed E-state index contributed by atoms with van der Waals surface area (Å²) < 4.78 is 31.4. The Kier molecular flexibility index (Phi) is 7.17. The summed E-state index contributed by atoms with van der Waals surface area (Å²) in [5.74, 6) is -0.222. The Morgan fingerprint density at radius 3 is 1.49 bits per heavy atom. The average Bonchev–Trinajstić information content (AvgIpc) is 3.47. The van der Waals surface area contributed by atoms with Crippen LogP contribution in [0, 0.1) is 34.3 Å². The van der Waals surface area contributed by atoms with E-state index in [4.69, 9.17) is 15.0 Å². The molecule has 0 amide bonds. The van der Waals surface area contributed by atoms with E-state index in [1.54, 1.807) is 18.2 Å². The summed E-state index contributed by atoms with van der Waals surface area (Å²) in [6, 6.07) is 43.3. The zero-order valence-electron chi connectivity index (χ0n) is 25.6. The number of nitriles is 2. The molecule has 0 unspecified atom stereocenters. The van der Waals surface area contributed by atoms with E-state index in [0.29, 0.717) is 51.0 Å². The standard InChI is InChI=1S/C41H22F2N6/c42-30-19-29(20-31(43)21-30)33-14-13-32(49-37-15-11-25(23-44)17-34(37)35-18-26(24-45)12-16-38(35)49)22-36(33)41-47-39(27-7-3-1-4-8-27)46-40(48-41)28-9-5-2-6-10-28/h1-22H. The summed E-state index contributed by atoms with van der Waals surface area (Å²) in [7, 11) is 0. The van der Waals surface area contributed by atoms with Gasteiger partial charge >= 0.3 is 0 Å². The van der Waals surface area contributed by atoms with Gasteiger partial charge in [-0.3, -0.25) is 0 Å². The lowest BCUT2D eigenvalue weighted by Gasteiger charge is -2.15. The van der Waals surface area contributed by atoms with E-state index >= 15 is 0 Å². The number of aromatic nitrogens is 4. The Balaban J connectivity index is 1.44. The maximum atomic E-state index is 14.7. The second-order valence-electron chi connectivity index (χ2n) is 11.4. The third-order valence-electron chi connectivity index (χ3n) is 8.40. The smallest absolute Gasteiger partial charge is 0.164 e. The second kappa shape index (κ2) is 12.0. The van der Waals surface area contributed by atoms with Gasteiger partial charge in [-0.2, -0.15) is 10.5 Å². The SMILES string of the molecule is N#Cc1ccc2c(c1)c1cc(C#N)ccc1n2-c1ccc(-c2cc(F)cc(F)c2)c(-c2nc(-c3ccccc3)nc(-c3ccccc3)n2)c1. The third-order valence-corrected chi connectivity index (χ3v) is 8.40. The summed E-state index contributed by atoms with van der Waals surface area (Å²) in [4.78, 5) is 14.7. The zero-order valence-corrected chi connectivity index (χ0v) is 25.6. The molecule has 0 atom stereocenters. The third kappa shape index (κ3) is 5.34. The highest BCUT2D eigenvalue weighted by molar-refractivity contribution is 6.10. The quantitative estimate of drug-likeness (QED) is 0.188. The highest BCUT2D eigenvalue weighted by Crippen LogP contribution is 2.38. The second-order valence-corrected chi connectivity index (χ2v) is 11.4. The van der Waals surface area contributed by atoms with Gasteiger partial charge in [0.05, 0.1) is 34.3 Å². The molecule has 0 saturated carbocycles. The fourth-order valence-electron chi connectivity index (χ4n) is 6.19. The van der Waals surface area contributed by atoms with E-state index in [0.717, 1.165) is 39.0 Å². The van der Waals surface area contributed by atoms with Crippen LogP contribution >= 0.6 is 0 Å². The Hall–Kier alpha value is -7.03. The van der Waals surface area contributed by atoms with E-state index < -0.39 is 11.6 Å². The van der Waals surface area contributed by atoms with E-state index in [2.05, 4.69) is 12.1 Å². The van der Waals surface area contributed by atoms with Crippen LogP contribution in [-0.2, 0) is 0 Å². The fraction of sp³-hybridized carbons (Fsp3) is 0. The predicted molar refractivity (Wildman–Crippen MR) is 185 cm³/mol. The normalized spacial score (nSPS) is 11.0. The van der Waals surface area contributed by atoms with Gasteiger partial charge in [-0.15, -0.1) is 0 Å². The largest absolute Gasteiger partial charge is 0.309 e. The lowest BCUT2D eigenvalue weighted by atomic mass is 9.97. The van der Waals surface area contributed by atoms with Crippen LogP contribution in [0.1, 0.15) is 11.1 Å². The van der Waals surface area contributed by atoms with Crippen LogP contribution in [0.25, 0.3) is 72.8 Å². The number of rotatable bonds is 5. The molecule has 230 valence electrons. The molecule has 6 nitrogen and oxygen atoms in total. The van der Waals surface area contributed by atoms with Crippen molar-refractivity contribution >= 4 is 21.8 Å². The molecule has 0 N–H and O–H groups in total. The van der Waals surface area contributed by atoms with Crippen molar-refractivity contribution < 1.29 is 8.78 Å². The average molecular weight is 637 g/mol. The van der Waals surface area contributed by atoms with Crippen molar-refractivity contribution in [2.45, 2.75) is 0 Å². The number of nitrogens with zero attached hydrogens (tertiary/aromatic N) is 6. The van der Waals surface area contributed by atoms with Gasteiger partial charge in [-0.05, 0) is 71.8 Å². The number of fused-ring (bicyclic) bond motifs is 3. The first-order valence-corrected chi connectivity index (χ1v) is 15.4. The number of halogens is 2. The first-order chi connectivity index (χ1) is 24.0. The summed E-state index contributed by atoms with van der Waals surface area (Å²) in [5, 5.41) is 20.9. The molecule has 0 aliphatic rings. The molecule has 0 aliphatic heterocycles. The van der Waals surface area contributed by atoms with Crippen LogP contribution in [0.3, 0.4) is 0 Å². The Morgan fingerprint density at radius 1 is 0.469 bits per heavy atom. The number of hydrogen-bond acceptors (Lipinski definition) is 5. The minimum absolute atomic E-state index is 0.313. The predicted octanol–water partition coefficient (Wildman–Crippen LogP) is 9.66. The van der Waals surface area contributed by atoms with E-state index in [1.165, 1.54) is 12.1 Å². The van der Waals surface area contributed by atoms with Crippen LogP contribution in [-0.4, -0.2) is 19.5 Å². The summed E-state index contributed by atoms with van der Waals surface area (Å²) >= 11 is 0. The summed E-state index contributed by atoms with van der Waals surface area (Å²) in [6.07, 6.45) is 0. The molecule has 0 fully saturated rings. The molecule has 8 aromatic rings. The van der Waals surface area contributed by atoms with Gasteiger partial charge in [-0.1, -0.05) is 66.7 Å². The molecule has 6 aromatic carbocycles. The van der Waals surface area contributed by atoms with Crippen molar-refractivity contribution in [3.05, 3.63) is 156 Å². The highest BCUT2D eigenvalue weighted by Gasteiger charge is 2.20. The molecule has 0 aliphatic carbocycles. The Morgan fingerprint density at radius 2 is 0.980 bits per heavy atom. The van der Waals surface area contributed by atoms with Gasteiger partial charge in [0, 0.05) is 39.2 Å². The first kappa shape index (κ1) is 29.4. The maximum Gasteiger partial charge on any atom is 0.164 e. The minimum Gasteiger partial charge on any atom is -0.309 e. The lowest BCUT2D eigenvalue weighted by Crippen LogP contribution is -2.02. The van der Waals surface area contributed by atoms with Crippen molar-refractivity contribution in [1.82, 2.24) is 19.5 Å². The van der Waals surface area contributed by atoms with Crippen LogP contribution in [0.2, 0.25) is 0 Å². The van der Waals surface area contributed by atoms with Gasteiger partial charge < -0.3 is 4.57 Å².